The fourth-order valence-electron chi connectivity index (χ4n) is 3.07. The molecule has 0 unspecified atom stereocenters. The fraction of sp³-hybridized carbons (Fsp3) is 0.333. The number of hydrogen-bond acceptors (Lipinski definition) is 0. The van der Waals surface area contributed by atoms with E-state index in [9.17, 15) is 0 Å². The second-order valence-corrected chi connectivity index (χ2v) is 6.74. The molecule has 0 aliphatic carbocycles. The highest BCUT2D eigenvalue weighted by molar-refractivity contribution is 5.16. The molecule has 0 heterocycles. The highest BCUT2D eigenvalue weighted by atomic mass is 15.3. The maximum Gasteiger partial charge on any atom is 0.113 e. The molecule has 0 bridgehead atoms. The van der Waals surface area contributed by atoms with Gasteiger partial charge in [-0.3, -0.25) is 4.48 Å². The van der Waals surface area contributed by atoms with Crippen molar-refractivity contribution in [2.24, 2.45) is 0 Å². The van der Waals surface area contributed by atoms with Crippen LogP contribution < -0.4 is 0 Å². The van der Waals surface area contributed by atoms with Crippen LogP contribution in [0.4, 0.5) is 0 Å². The highest BCUT2D eigenvalue weighted by Gasteiger charge is 2.23. The van der Waals surface area contributed by atoms with Gasteiger partial charge in [-0.15, -0.1) is 0 Å². The van der Waals surface area contributed by atoms with Gasteiger partial charge in [0.1, 0.15) is 13.1 Å². The van der Waals surface area contributed by atoms with Crippen LogP contribution in [0.25, 0.3) is 0 Å². The Balaban J connectivity index is 2.35. The lowest BCUT2D eigenvalue weighted by Crippen LogP contribution is -2.35. The van der Waals surface area contributed by atoms with E-state index in [0.29, 0.717) is 0 Å². The molecule has 0 aromatic heterocycles. The summed E-state index contributed by atoms with van der Waals surface area (Å²) in [4.78, 5) is 0. The zero-order valence-corrected chi connectivity index (χ0v) is 15.8. The van der Waals surface area contributed by atoms with Crippen LogP contribution in [0, 0.1) is 0 Å². The minimum atomic E-state index is 0.841. The molecule has 1 heteroatoms. The molecule has 0 atom stereocenters. The quantitative estimate of drug-likeness (QED) is 0.418. The Morgan fingerprint density at radius 2 is 1.04 bits per heavy atom. The Morgan fingerprint density at radius 1 is 0.640 bits per heavy atom. The summed E-state index contributed by atoms with van der Waals surface area (Å²) < 4.78 is 0.841. The van der Waals surface area contributed by atoms with E-state index in [0.717, 1.165) is 30.4 Å². The van der Waals surface area contributed by atoms with Gasteiger partial charge in [0.25, 0.3) is 0 Å². The van der Waals surface area contributed by atoms with Crippen LogP contribution >= 0.6 is 0 Å². The molecule has 0 radical (unpaired) electrons. The van der Waals surface area contributed by atoms with Crippen LogP contribution in [-0.4, -0.2) is 4.48 Å². The molecular formula is C24H32N+. The molecule has 25 heavy (non-hydrogen) atoms. The Hall–Kier alpha value is -2.12. The van der Waals surface area contributed by atoms with E-state index in [1.807, 2.05) is 0 Å². The van der Waals surface area contributed by atoms with Crippen LogP contribution in [-0.2, 0) is 13.1 Å². The zero-order valence-electron chi connectivity index (χ0n) is 15.8. The van der Waals surface area contributed by atoms with E-state index >= 15 is 0 Å². The summed E-state index contributed by atoms with van der Waals surface area (Å²) in [5.74, 6) is 0. The lowest BCUT2D eigenvalue weighted by atomic mass is 10.1. The van der Waals surface area contributed by atoms with Crippen LogP contribution in [0.2, 0.25) is 0 Å². The third kappa shape index (κ3) is 6.72. The Labute approximate surface area is 153 Å². The van der Waals surface area contributed by atoms with Crippen molar-refractivity contribution in [1.82, 2.24) is 0 Å². The third-order valence-electron chi connectivity index (χ3n) is 4.35. The Bertz CT molecular complexity index is 581. The number of hydrogen-bond donors (Lipinski definition) is 0. The number of nitrogens with zero attached hydrogens (tertiary/aromatic N) is 1. The van der Waals surface area contributed by atoms with Crippen molar-refractivity contribution in [3.63, 3.8) is 0 Å². The normalized spacial score (nSPS) is 12.2. The van der Waals surface area contributed by atoms with Crippen molar-refractivity contribution in [2.45, 2.75) is 52.6 Å². The molecule has 1 nitrogen and oxygen atoms in total. The van der Waals surface area contributed by atoms with Gasteiger partial charge in [-0.2, -0.15) is 0 Å². The standard InChI is InChI=1S/C24H32N/c1-3-5-13-19-25(20-14-6-4-2,21-23-15-9-7-10-16-23)22-24-17-11-8-12-18-24/h7-20H,3-6,21-22H2,1-2H3/q+1/b19-13+,20-14+. The number of rotatable bonds is 10. The first kappa shape index (κ1) is 19.2. The summed E-state index contributed by atoms with van der Waals surface area (Å²) in [5.41, 5.74) is 2.75. The molecular weight excluding hydrogens is 302 g/mol. The smallest absolute Gasteiger partial charge is 0.113 e. The molecule has 0 spiro atoms. The molecule has 0 saturated carbocycles. The lowest BCUT2D eigenvalue weighted by molar-refractivity contribution is -0.856. The summed E-state index contributed by atoms with van der Waals surface area (Å²) in [7, 11) is 0. The predicted molar refractivity (Wildman–Crippen MR) is 109 cm³/mol. The van der Waals surface area contributed by atoms with Crippen molar-refractivity contribution < 1.29 is 4.48 Å². The average molecular weight is 335 g/mol. The van der Waals surface area contributed by atoms with Crippen LogP contribution in [0.15, 0.2) is 85.2 Å². The molecule has 0 aliphatic heterocycles. The molecule has 2 rings (SSSR count). The largest absolute Gasteiger partial charge is 0.264 e. The van der Waals surface area contributed by atoms with Crippen molar-refractivity contribution in [1.29, 1.82) is 0 Å². The summed E-state index contributed by atoms with van der Waals surface area (Å²) in [6.45, 7) is 6.44. The maximum absolute atomic E-state index is 2.40. The van der Waals surface area contributed by atoms with Crippen molar-refractivity contribution in [2.75, 3.05) is 0 Å². The molecule has 0 aliphatic rings. The van der Waals surface area contributed by atoms with E-state index in [-0.39, 0.29) is 0 Å². The molecule has 0 saturated heterocycles. The minimum Gasteiger partial charge on any atom is -0.264 e. The number of unbranched alkanes of at least 4 members (excludes halogenated alkanes) is 2. The molecule has 2 aromatic carbocycles. The second-order valence-electron chi connectivity index (χ2n) is 6.74. The topological polar surface area (TPSA) is 0 Å². The predicted octanol–water partition coefficient (Wildman–Crippen LogP) is 6.83. The monoisotopic (exact) mass is 334 g/mol. The Morgan fingerprint density at radius 3 is 1.40 bits per heavy atom. The first-order chi connectivity index (χ1) is 12.3. The van der Waals surface area contributed by atoms with Crippen molar-refractivity contribution in [3.05, 3.63) is 96.3 Å². The van der Waals surface area contributed by atoms with Gasteiger partial charge in [0.15, 0.2) is 0 Å². The molecule has 2 aromatic rings. The molecule has 0 N–H and O–H groups in total. The average Bonchev–Trinajstić information content (AvgIpc) is 2.64. The van der Waals surface area contributed by atoms with Gasteiger partial charge in [0, 0.05) is 11.1 Å². The van der Waals surface area contributed by atoms with Crippen LogP contribution in [0.5, 0.6) is 0 Å². The van der Waals surface area contributed by atoms with Gasteiger partial charge in [0.2, 0.25) is 0 Å². The van der Waals surface area contributed by atoms with Gasteiger partial charge >= 0.3 is 0 Å². The van der Waals surface area contributed by atoms with Crippen molar-refractivity contribution >= 4 is 0 Å². The number of quaternary nitrogens is 1. The summed E-state index contributed by atoms with van der Waals surface area (Å²) in [6.07, 6.45) is 14.1. The van der Waals surface area contributed by atoms with E-state index < -0.39 is 0 Å². The summed E-state index contributed by atoms with van der Waals surface area (Å²) in [6, 6.07) is 21.7. The molecule has 0 amide bonds. The number of allylic oxidation sites excluding steroid dienone is 2. The lowest BCUT2D eigenvalue weighted by Gasteiger charge is -2.31. The second kappa shape index (κ2) is 10.7. The maximum atomic E-state index is 2.40. The van der Waals surface area contributed by atoms with E-state index in [2.05, 4.69) is 99.1 Å². The van der Waals surface area contributed by atoms with Gasteiger partial charge < -0.3 is 0 Å². The summed E-state index contributed by atoms with van der Waals surface area (Å²) in [5, 5.41) is 0. The Kier molecular flexibility index (Phi) is 8.21. The summed E-state index contributed by atoms with van der Waals surface area (Å²) >= 11 is 0. The SMILES string of the molecule is CCC/C=C/[N+](/C=C/CCC)(Cc1ccccc1)Cc1ccccc1. The first-order valence-electron chi connectivity index (χ1n) is 9.57. The van der Waals surface area contributed by atoms with Gasteiger partial charge in [-0.1, -0.05) is 87.4 Å². The van der Waals surface area contributed by atoms with Crippen LogP contribution in [0.1, 0.15) is 50.7 Å². The van der Waals surface area contributed by atoms with E-state index in [1.54, 1.807) is 0 Å². The number of benzene rings is 2. The third-order valence-corrected chi connectivity index (χ3v) is 4.35. The molecule has 0 fully saturated rings. The molecule has 132 valence electrons. The van der Waals surface area contributed by atoms with E-state index in [1.165, 1.54) is 24.0 Å². The van der Waals surface area contributed by atoms with Crippen molar-refractivity contribution in [3.8, 4) is 0 Å². The van der Waals surface area contributed by atoms with E-state index in [4.69, 9.17) is 0 Å². The first-order valence-corrected chi connectivity index (χ1v) is 9.57. The zero-order chi connectivity index (χ0) is 17.8. The van der Waals surface area contributed by atoms with Gasteiger partial charge in [-0.25, -0.2) is 0 Å². The van der Waals surface area contributed by atoms with Gasteiger partial charge in [-0.05, 0) is 25.0 Å². The van der Waals surface area contributed by atoms with Gasteiger partial charge in [0.05, 0.1) is 12.4 Å². The minimum absolute atomic E-state index is 0.841. The highest BCUT2D eigenvalue weighted by Crippen LogP contribution is 2.23. The van der Waals surface area contributed by atoms with Crippen LogP contribution in [0.3, 0.4) is 0 Å². The fourth-order valence-corrected chi connectivity index (χ4v) is 3.07.